The molecule has 0 heterocycles. The molecule has 3 aromatic carbocycles. The monoisotopic (exact) mass is 428 g/mol. The number of aryl methyl sites for hydroxylation is 1. The Balaban J connectivity index is 1.60. The second kappa shape index (κ2) is 8.96. The van der Waals surface area contributed by atoms with Gasteiger partial charge in [0.05, 0.1) is 10.6 Å². The van der Waals surface area contributed by atoms with E-state index in [2.05, 4.69) is 5.32 Å². The van der Waals surface area contributed by atoms with Gasteiger partial charge >= 0.3 is 0 Å². The highest BCUT2D eigenvalue weighted by atomic mass is 32.2. The number of carbonyl (C=O) groups is 1. The van der Waals surface area contributed by atoms with Gasteiger partial charge < -0.3 is 10.1 Å². The van der Waals surface area contributed by atoms with Gasteiger partial charge in [0.15, 0.2) is 6.61 Å². The Labute approximate surface area is 175 Å². The average molecular weight is 428 g/mol. The van der Waals surface area contributed by atoms with E-state index in [1.165, 1.54) is 19.2 Å². The molecule has 0 aliphatic rings. The number of sulfonamides is 1. The van der Waals surface area contributed by atoms with Crippen LogP contribution in [0.25, 0.3) is 0 Å². The predicted molar refractivity (Wildman–Crippen MR) is 114 cm³/mol. The topological polar surface area (TPSA) is 75.7 Å². The van der Waals surface area contributed by atoms with Gasteiger partial charge in [0.25, 0.3) is 15.9 Å². The molecule has 0 aliphatic carbocycles. The lowest BCUT2D eigenvalue weighted by atomic mass is 10.2. The van der Waals surface area contributed by atoms with Crippen LogP contribution in [0.4, 0.5) is 15.8 Å². The summed E-state index contributed by atoms with van der Waals surface area (Å²) in [4.78, 5) is 12.0. The molecule has 0 atom stereocenters. The molecular weight excluding hydrogens is 407 g/mol. The van der Waals surface area contributed by atoms with Crippen molar-refractivity contribution < 1.29 is 22.3 Å². The molecule has 0 bridgehead atoms. The SMILES string of the molecule is Cc1ccc(NC(=O)COc2ccc(N(C)S(=O)(=O)c3ccc(F)cc3)cc2)cc1. The third kappa shape index (κ3) is 5.15. The Morgan fingerprint density at radius 3 is 2.17 bits per heavy atom. The Kier molecular flexibility index (Phi) is 6.37. The molecule has 0 unspecified atom stereocenters. The normalized spacial score (nSPS) is 11.0. The van der Waals surface area contributed by atoms with Crippen LogP contribution in [-0.4, -0.2) is 28.0 Å². The van der Waals surface area contributed by atoms with Gasteiger partial charge in [-0.1, -0.05) is 17.7 Å². The lowest BCUT2D eigenvalue weighted by Gasteiger charge is -2.20. The van der Waals surface area contributed by atoms with E-state index in [1.807, 2.05) is 19.1 Å². The quantitative estimate of drug-likeness (QED) is 0.618. The first kappa shape index (κ1) is 21.3. The van der Waals surface area contributed by atoms with Crippen molar-refractivity contribution in [2.45, 2.75) is 11.8 Å². The minimum atomic E-state index is -3.82. The van der Waals surface area contributed by atoms with Crippen LogP contribution < -0.4 is 14.4 Å². The van der Waals surface area contributed by atoms with Crippen molar-refractivity contribution >= 4 is 27.3 Å². The molecule has 0 aromatic heterocycles. The summed E-state index contributed by atoms with van der Waals surface area (Å²) >= 11 is 0. The molecule has 0 spiro atoms. The highest BCUT2D eigenvalue weighted by Crippen LogP contribution is 2.24. The van der Waals surface area contributed by atoms with E-state index in [0.717, 1.165) is 22.0 Å². The van der Waals surface area contributed by atoms with Gasteiger partial charge in [0, 0.05) is 12.7 Å². The summed E-state index contributed by atoms with van der Waals surface area (Å²) in [6, 6.07) is 18.3. The molecule has 1 N–H and O–H groups in total. The van der Waals surface area contributed by atoms with Gasteiger partial charge in [-0.2, -0.15) is 0 Å². The highest BCUT2D eigenvalue weighted by Gasteiger charge is 2.21. The maximum atomic E-state index is 13.1. The van der Waals surface area contributed by atoms with E-state index < -0.39 is 15.8 Å². The van der Waals surface area contributed by atoms with Gasteiger partial charge in [-0.3, -0.25) is 9.10 Å². The lowest BCUT2D eigenvalue weighted by Crippen LogP contribution is -2.26. The van der Waals surface area contributed by atoms with E-state index in [0.29, 0.717) is 17.1 Å². The van der Waals surface area contributed by atoms with Crippen molar-refractivity contribution in [3.05, 3.63) is 84.2 Å². The largest absolute Gasteiger partial charge is 0.484 e. The first-order valence-corrected chi connectivity index (χ1v) is 10.5. The first-order chi connectivity index (χ1) is 14.3. The third-order valence-electron chi connectivity index (χ3n) is 4.38. The molecule has 0 radical (unpaired) electrons. The Morgan fingerprint density at radius 1 is 0.967 bits per heavy atom. The zero-order valence-corrected chi connectivity index (χ0v) is 17.3. The van der Waals surface area contributed by atoms with Crippen molar-refractivity contribution in [1.29, 1.82) is 0 Å². The third-order valence-corrected chi connectivity index (χ3v) is 6.18. The fraction of sp³-hybridized carbons (Fsp3) is 0.136. The van der Waals surface area contributed by atoms with E-state index in [1.54, 1.807) is 36.4 Å². The number of halogens is 1. The summed E-state index contributed by atoms with van der Waals surface area (Å²) in [6.45, 7) is 1.78. The molecule has 3 aromatic rings. The van der Waals surface area contributed by atoms with Crippen LogP contribution in [0.5, 0.6) is 5.75 Å². The van der Waals surface area contributed by atoms with Crippen molar-refractivity contribution in [1.82, 2.24) is 0 Å². The second-order valence-corrected chi connectivity index (χ2v) is 8.59. The number of amides is 1. The highest BCUT2D eigenvalue weighted by molar-refractivity contribution is 7.92. The number of hydrogen-bond acceptors (Lipinski definition) is 4. The number of hydrogen-bond donors (Lipinski definition) is 1. The minimum absolute atomic E-state index is 0.0143. The zero-order valence-electron chi connectivity index (χ0n) is 16.5. The van der Waals surface area contributed by atoms with Crippen LogP contribution in [0.2, 0.25) is 0 Å². The predicted octanol–water partition coefficient (Wildman–Crippen LogP) is 3.98. The number of anilines is 2. The smallest absolute Gasteiger partial charge is 0.264 e. The van der Waals surface area contributed by atoms with Crippen LogP contribution >= 0.6 is 0 Å². The Hall–Kier alpha value is -3.39. The van der Waals surface area contributed by atoms with Crippen LogP contribution in [0, 0.1) is 12.7 Å². The van der Waals surface area contributed by atoms with Gasteiger partial charge in [-0.05, 0) is 67.6 Å². The molecular formula is C22H21FN2O4S. The fourth-order valence-corrected chi connectivity index (χ4v) is 3.83. The van der Waals surface area contributed by atoms with E-state index in [-0.39, 0.29) is 17.4 Å². The molecule has 3 rings (SSSR count). The van der Waals surface area contributed by atoms with Crippen molar-refractivity contribution in [3.8, 4) is 5.75 Å². The van der Waals surface area contributed by atoms with Crippen molar-refractivity contribution in [3.63, 3.8) is 0 Å². The molecule has 6 nitrogen and oxygen atoms in total. The second-order valence-electron chi connectivity index (χ2n) is 6.62. The molecule has 8 heteroatoms. The summed E-state index contributed by atoms with van der Waals surface area (Å²) in [6.07, 6.45) is 0. The molecule has 1 amide bonds. The van der Waals surface area contributed by atoms with E-state index in [4.69, 9.17) is 4.74 Å². The molecule has 0 saturated heterocycles. The molecule has 0 saturated carbocycles. The van der Waals surface area contributed by atoms with Crippen molar-refractivity contribution in [2.24, 2.45) is 0 Å². The Bertz CT molecular complexity index is 1110. The summed E-state index contributed by atoms with van der Waals surface area (Å²) in [5, 5.41) is 2.73. The van der Waals surface area contributed by atoms with Crippen LogP contribution in [0.3, 0.4) is 0 Å². The number of nitrogens with zero attached hydrogens (tertiary/aromatic N) is 1. The number of ether oxygens (including phenoxy) is 1. The molecule has 0 fully saturated rings. The summed E-state index contributed by atoms with van der Waals surface area (Å²) in [5.41, 5.74) is 2.17. The van der Waals surface area contributed by atoms with Gasteiger partial charge in [-0.25, -0.2) is 12.8 Å². The standard InChI is InChI=1S/C22H21FN2O4S/c1-16-3-7-18(8-4-16)24-22(26)15-29-20-11-9-19(10-12-20)25(2)30(27,28)21-13-5-17(23)6-14-21/h3-14H,15H2,1-2H3,(H,24,26). The summed E-state index contributed by atoms with van der Waals surface area (Å²) in [5.74, 6) is -0.395. The zero-order chi connectivity index (χ0) is 21.7. The number of rotatable bonds is 7. The van der Waals surface area contributed by atoms with Crippen molar-refractivity contribution in [2.75, 3.05) is 23.3 Å². The maximum absolute atomic E-state index is 13.1. The summed E-state index contributed by atoms with van der Waals surface area (Å²) < 4.78 is 44.9. The first-order valence-electron chi connectivity index (χ1n) is 9.09. The minimum Gasteiger partial charge on any atom is -0.484 e. The summed E-state index contributed by atoms with van der Waals surface area (Å²) in [7, 11) is -2.42. The van der Waals surface area contributed by atoms with Gasteiger partial charge in [-0.15, -0.1) is 0 Å². The fourth-order valence-electron chi connectivity index (χ4n) is 2.64. The molecule has 30 heavy (non-hydrogen) atoms. The van der Waals surface area contributed by atoms with Crippen LogP contribution in [0.15, 0.2) is 77.7 Å². The van der Waals surface area contributed by atoms with E-state index in [9.17, 15) is 17.6 Å². The number of benzene rings is 3. The van der Waals surface area contributed by atoms with Gasteiger partial charge in [0.1, 0.15) is 11.6 Å². The van der Waals surface area contributed by atoms with Gasteiger partial charge in [0.2, 0.25) is 0 Å². The molecule has 156 valence electrons. The lowest BCUT2D eigenvalue weighted by molar-refractivity contribution is -0.118. The van der Waals surface area contributed by atoms with Crippen LogP contribution in [0.1, 0.15) is 5.56 Å². The average Bonchev–Trinajstić information content (AvgIpc) is 2.74. The number of nitrogens with one attached hydrogen (secondary N) is 1. The Morgan fingerprint density at radius 2 is 1.57 bits per heavy atom. The maximum Gasteiger partial charge on any atom is 0.264 e. The van der Waals surface area contributed by atoms with Crippen LogP contribution in [-0.2, 0) is 14.8 Å². The van der Waals surface area contributed by atoms with E-state index >= 15 is 0 Å². The molecule has 0 aliphatic heterocycles. The number of carbonyl (C=O) groups excluding carboxylic acids is 1.